The number of carbonyl (C=O) groups excluding carboxylic acids is 1. The van der Waals surface area contributed by atoms with Crippen LogP contribution in [0.3, 0.4) is 0 Å². The van der Waals surface area contributed by atoms with Crippen molar-refractivity contribution in [3.8, 4) is 17.2 Å². The number of hydrogen-bond donors (Lipinski definition) is 1. The quantitative estimate of drug-likeness (QED) is 0.701. The van der Waals surface area contributed by atoms with Gasteiger partial charge in [-0.05, 0) is 24.3 Å². The number of para-hydroxylation sites is 2. The summed E-state index contributed by atoms with van der Waals surface area (Å²) in [5.74, 6) is 1.52. The predicted molar refractivity (Wildman–Crippen MR) is 122 cm³/mol. The van der Waals surface area contributed by atoms with Gasteiger partial charge in [-0.3, -0.25) is 4.90 Å². The van der Waals surface area contributed by atoms with E-state index in [2.05, 4.69) is 15.1 Å². The van der Waals surface area contributed by atoms with E-state index in [1.54, 1.807) is 13.2 Å². The maximum Gasteiger partial charge on any atom is 0.335 e. The standard InChI is InChI=1S/C22H26N4O6S/c1-30-17-5-3-2-4-16(17)25-11-8-24(9-12-25)10-13-26-22(27)23-20-19(33(26,28)29)7-6-18-21(20)32-15-14-31-18/h2-7H,8-15H2,1H3,(H,23,27). The van der Waals surface area contributed by atoms with Crippen LogP contribution >= 0.6 is 0 Å². The number of nitrogens with zero attached hydrogens (tertiary/aromatic N) is 3. The Kier molecular flexibility index (Phi) is 5.67. The normalized spacial score (nSPS) is 19.6. The molecule has 1 saturated heterocycles. The third-order valence-electron chi connectivity index (χ3n) is 6.11. The molecule has 3 heterocycles. The van der Waals surface area contributed by atoms with Crippen molar-refractivity contribution in [2.24, 2.45) is 0 Å². The Morgan fingerprint density at radius 2 is 1.76 bits per heavy atom. The van der Waals surface area contributed by atoms with Gasteiger partial charge >= 0.3 is 6.03 Å². The zero-order valence-corrected chi connectivity index (χ0v) is 19.1. The molecule has 0 aliphatic carbocycles. The molecule has 33 heavy (non-hydrogen) atoms. The Hall–Kier alpha value is -3.18. The number of amides is 2. The van der Waals surface area contributed by atoms with Gasteiger partial charge in [-0.1, -0.05) is 12.1 Å². The van der Waals surface area contributed by atoms with Crippen LogP contribution in [0.4, 0.5) is 16.2 Å². The van der Waals surface area contributed by atoms with Crippen molar-refractivity contribution in [2.75, 3.05) is 69.8 Å². The summed E-state index contributed by atoms with van der Waals surface area (Å²) in [4.78, 5) is 17.2. The molecule has 2 aromatic rings. The van der Waals surface area contributed by atoms with Crippen molar-refractivity contribution in [2.45, 2.75) is 4.90 Å². The average molecular weight is 475 g/mol. The molecule has 2 aromatic carbocycles. The molecule has 0 spiro atoms. The van der Waals surface area contributed by atoms with Gasteiger partial charge in [0.25, 0.3) is 10.0 Å². The minimum Gasteiger partial charge on any atom is -0.495 e. The number of hydrogen-bond acceptors (Lipinski definition) is 8. The Balaban J connectivity index is 1.25. The number of fused-ring (bicyclic) bond motifs is 3. The second-order valence-electron chi connectivity index (χ2n) is 7.97. The molecular formula is C22H26N4O6S. The zero-order chi connectivity index (χ0) is 23.0. The van der Waals surface area contributed by atoms with Crippen LogP contribution < -0.4 is 24.4 Å². The van der Waals surface area contributed by atoms with E-state index in [1.165, 1.54) is 6.07 Å². The number of anilines is 2. The molecule has 0 aromatic heterocycles. The minimum absolute atomic E-state index is 0.0207. The SMILES string of the molecule is COc1ccccc1N1CCN(CCN2C(=O)Nc3c(ccc4c3OCCO4)S2(=O)=O)CC1. The molecule has 0 bridgehead atoms. The van der Waals surface area contributed by atoms with Gasteiger partial charge in [0.15, 0.2) is 11.5 Å². The largest absolute Gasteiger partial charge is 0.495 e. The Labute approximate surface area is 192 Å². The van der Waals surface area contributed by atoms with Crippen LogP contribution in [0, 0.1) is 0 Å². The zero-order valence-electron chi connectivity index (χ0n) is 18.3. The van der Waals surface area contributed by atoms with E-state index in [0.29, 0.717) is 25.5 Å². The van der Waals surface area contributed by atoms with Crippen LogP contribution in [-0.4, -0.2) is 83.2 Å². The molecular weight excluding hydrogens is 448 g/mol. The lowest BCUT2D eigenvalue weighted by molar-refractivity contribution is 0.171. The maximum absolute atomic E-state index is 13.2. The molecule has 11 heteroatoms. The molecule has 0 saturated carbocycles. The van der Waals surface area contributed by atoms with Crippen molar-refractivity contribution in [3.63, 3.8) is 0 Å². The summed E-state index contributed by atoms with van der Waals surface area (Å²) in [5, 5.41) is 2.68. The minimum atomic E-state index is -4.00. The van der Waals surface area contributed by atoms with E-state index in [9.17, 15) is 13.2 Å². The predicted octanol–water partition coefficient (Wildman–Crippen LogP) is 1.82. The number of piperazine rings is 1. The number of benzene rings is 2. The molecule has 0 radical (unpaired) electrons. The summed E-state index contributed by atoms with van der Waals surface area (Å²) in [6.07, 6.45) is 0. The van der Waals surface area contributed by atoms with Crippen molar-refractivity contribution < 1.29 is 27.4 Å². The van der Waals surface area contributed by atoms with Crippen molar-refractivity contribution in [1.29, 1.82) is 0 Å². The molecule has 0 atom stereocenters. The first kappa shape index (κ1) is 21.7. The van der Waals surface area contributed by atoms with E-state index in [0.717, 1.165) is 41.9 Å². The van der Waals surface area contributed by atoms with Crippen LogP contribution in [0.15, 0.2) is 41.3 Å². The Bertz CT molecular complexity index is 1160. The maximum atomic E-state index is 13.2. The summed E-state index contributed by atoms with van der Waals surface area (Å²) >= 11 is 0. The van der Waals surface area contributed by atoms with Crippen molar-refractivity contribution >= 4 is 27.4 Å². The highest BCUT2D eigenvalue weighted by molar-refractivity contribution is 7.90. The molecule has 2 amide bonds. The number of rotatable bonds is 5. The van der Waals surface area contributed by atoms with E-state index in [-0.39, 0.29) is 22.9 Å². The first-order chi connectivity index (χ1) is 16.0. The fourth-order valence-corrected chi connectivity index (χ4v) is 5.85. The Morgan fingerprint density at radius 3 is 2.55 bits per heavy atom. The smallest absolute Gasteiger partial charge is 0.335 e. The number of urea groups is 1. The first-order valence-electron chi connectivity index (χ1n) is 10.9. The highest BCUT2D eigenvalue weighted by Gasteiger charge is 2.40. The summed E-state index contributed by atoms with van der Waals surface area (Å²) in [5.41, 5.74) is 1.20. The van der Waals surface area contributed by atoms with Gasteiger partial charge in [0, 0.05) is 32.7 Å². The fourth-order valence-electron chi connectivity index (χ4n) is 4.39. The molecule has 3 aliphatic rings. The summed E-state index contributed by atoms with van der Waals surface area (Å²) < 4.78 is 43.8. The van der Waals surface area contributed by atoms with Gasteiger partial charge in [0.2, 0.25) is 0 Å². The van der Waals surface area contributed by atoms with Crippen molar-refractivity contribution in [3.05, 3.63) is 36.4 Å². The van der Waals surface area contributed by atoms with E-state index in [1.807, 2.05) is 24.3 Å². The highest BCUT2D eigenvalue weighted by Crippen LogP contribution is 2.44. The molecule has 3 aliphatic heterocycles. The van der Waals surface area contributed by atoms with Gasteiger partial charge in [0.05, 0.1) is 19.3 Å². The van der Waals surface area contributed by atoms with Crippen molar-refractivity contribution in [1.82, 2.24) is 9.21 Å². The first-order valence-corrected chi connectivity index (χ1v) is 12.3. The van der Waals surface area contributed by atoms with Gasteiger partial charge < -0.3 is 24.4 Å². The van der Waals surface area contributed by atoms with Crippen LogP contribution in [-0.2, 0) is 10.0 Å². The van der Waals surface area contributed by atoms with E-state index in [4.69, 9.17) is 14.2 Å². The van der Waals surface area contributed by atoms with Crippen LogP contribution in [0.1, 0.15) is 0 Å². The molecule has 176 valence electrons. The number of carbonyl (C=O) groups is 1. The molecule has 10 nitrogen and oxygen atoms in total. The van der Waals surface area contributed by atoms with Gasteiger partial charge in [-0.25, -0.2) is 17.5 Å². The molecule has 0 unspecified atom stereocenters. The van der Waals surface area contributed by atoms with Crippen LogP contribution in [0.2, 0.25) is 0 Å². The highest BCUT2D eigenvalue weighted by atomic mass is 32.2. The number of methoxy groups -OCH3 is 1. The van der Waals surface area contributed by atoms with Crippen LogP contribution in [0.5, 0.6) is 17.2 Å². The monoisotopic (exact) mass is 474 g/mol. The molecule has 1 N–H and O–H groups in total. The summed E-state index contributed by atoms with van der Waals surface area (Å²) in [6.45, 7) is 4.26. The van der Waals surface area contributed by atoms with Crippen LogP contribution in [0.25, 0.3) is 0 Å². The number of nitrogens with one attached hydrogen (secondary N) is 1. The number of ether oxygens (including phenoxy) is 3. The molecule has 5 rings (SSSR count). The van der Waals surface area contributed by atoms with Gasteiger partial charge in [0.1, 0.15) is 29.5 Å². The average Bonchev–Trinajstić information content (AvgIpc) is 2.84. The summed E-state index contributed by atoms with van der Waals surface area (Å²) in [7, 11) is -2.34. The lowest BCUT2D eigenvalue weighted by Gasteiger charge is -2.38. The van der Waals surface area contributed by atoms with E-state index < -0.39 is 16.1 Å². The second-order valence-corrected chi connectivity index (χ2v) is 9.80. The number of sulfonamides is 1. The third kappa shape index (κ3) is 3.91. The second kappa shape index (κ2) is 8.64. The molecule has 1 fully saturated rings. The lowest BCUT2D eigenvalue weighted by Crippen LogP contribution is -2.51. The summed E-state index contributed by atoms with van der Waals surface area (Å²) in [6, 6.07) is 10.2. The third-order valence-corrected chi connectivity index (χ3v) is 7.94. The van der Waals surface area contributed by atoms with E-state index >= 15 is 0 Å². The van der Waals surface area contributed by atoms with Gasteiger partial charge in [-0.15, -0.1) is 0 Å². The van der Waals surface area contributed by atoms with Gasteiger partial charge in [-0.2, -0.15) is 0 Å². The Morgan fingerprint density at radius 1 is 1.00 bits per heavy atom. The fraction of sp³-hybridized carbons (Fsp3) is 0.409. The lowest BCUT2D eigenvalue weighted by atomic mass is 10.2. The topological polar surface area (TPSA) is 101 Å².